The predicted molar refractivity (Wildman–Crippen MR) is 45.4 cm³/mol. The summed E-state index contributed by atoms with van der Waals surface area (Å²) in [4.78, 5) is 0. The van der Waals surface area contributed by atoms with E-state index in [4.69, 9.17) is 10.2 Å². The summed E-state index contributed by atoms with van der Waals surface area (Å²) in [6, 6.07) is 2.25. The summed E-state index contributed by atoms with van der Waals surface area (Å²) in [5, 5.41) is 0. The maximum Gasteiger partial charge on any atom is 0.106 e. The minimum absolute atomic E-state index is 0.263. The Morgan fingerprint density at radius 2 is 2.36 bits per heavy atom. The van der Waals surface area contributed by atoms with E-state index in [0.29, 0.717) is 0 Å². The van der Waals surface area contributed by atoms with Crippen LogP contribution in [0.4, 0.5) is 0 Å². The normalized spacial score (nSPS) is 13.4. The van der Waals surface area contributed by atoms with Crippen molar-refractivity contribution in [2.24, 2.45) is 5.73 Å². The average molecular weight is 153 g/mol. The summed E-state index contributed by atoms with van der Waals surface area (Å²) in [6.07, 6.45) is 3.68. The van der Waals surface area contributed by atoms with E-state index in [1.54, 1.807) is 6.26 Å². The number of aryl methyl sites for hydroxylation is 2. The van der Waals surface area contributed by atoms with Crippen molar-refractivity contribution < 1.29 is 4.42 Å². The van der Waals surface area contributed by atoms with Crippen molar-refractivity contribution in [1.29, 1.82) is 0 Å². The van der Waals surface area contributed by atoms with Crippen molar-refractivity contribution in [1.82, 2.24) is 0 Å². The van der Waals surface area contributed by atoms with E-state index >= 15 is 0 Å². The molecule has 2 heteroatoms. The van der Waals surface area contributed by atoms with Gasteiger partial charge in [-0.3, -0.25) is 0 Å². The average Bonchev–Trinajstić information content (AvgIpc) is 2.31. The van der Waals surface area contributed by atoms with E-state index < -0.39 is 0 Å². The highest BCUT2D eigenvalue weighted by molar-refractivity contribution is 5.14. The molecule has 0 bridgehead atoms. The van der Waals surface area contributed by atoms with Crippen LogP contribution in [0.1, 0.15) is 24.7 Å². The summed E-state index contributed by atoms with van der Waals surface area (Å²) in [5.74, 6) is 1.07. The number of furan rings is 1. The Morgan fingerprint density at radius 1 is 1.64 bits per heavy atom. The molecule has 1 unspecified atom stereocenters. The Kier molecular flexibility index (Phi) is 2.71. The molecule has 0 aliphatic heterocycles. The number of rotatable bonds is 3. The molecule has 0 saturated carbocycles. The Labute approximate surface area is 67.4 Å². The Morgan fingerprint density at radius 3 is 2.82 bits per heavy atom. The quantitative estimate of drug-likeness (QED) is 0.720. The Balaban J connectivity index is 2.44. The largest absolute Gasteiger partial charge is 0.469 e. The van der Waals surface area contributed by atoms with Crippen molar-refractivity contribution in [2.45, 2.75) is 32.7 Å². The highest BCUT2D eigenvalue weighted by atomic mass is 16.3. The third kappa shape index (κ3) is 2.39. The maximum absolute atomic E-state index is 5.62. The van der Waals surface area contributed by atoms with E-state index in [2.05, 4.69) is 6.92 Å². The summed E-state index contributed by atoms with van der Waals surface area (Å²) in [5.41, 5.74) is 6.84. The molecule has 0 radical (unpaired) electrons. The second-order valence-corrected chi connectivity index (χ2v) is 3.04. The molecule has 1 aromatic rings. The number of hydrogen-bond donors (Lipinski definition) is 1. The molecule has 0 amide bonds. The van der Waals surface area contributed by atoms with Crippen LogP contribution in [0.15, 0.2) is 16.7 Å². The number of nitrogens with two attached hydrogens (primary N) is 1. The predicted octanol–water partition coefficient (Wildman–Crippen LogP) is 1.87. The minimum atomic E-state index is 0.263. The van der Waals surface area contributed by atoms with Crippen molar-refractivity contribution in [3.05, 3.63) is 23.7 Å². The van der Waals surface area contributed by atoms with E-state index in [0.717, 1.165) is 18.6 Å². The fourth-order valence-electron chi connectivity index (χ4n) is 1.02. The summed E-state index contributed by atoms with van der Waals surface area (Å²) >= 11 is 0. The highest BCUT2D eigenvalue weighted by Crippen LogP contribution is 2.11. The molecule has 1 aromatic heterocycles. The van der Waals surface area contributed by atoms with Gasteiger partial charge in [0.05, 0.1) is 6.26 Å². The number of hydrogen-bond acceptors (Lipinski definition) is 2. The van der Waals surface area contributed by atoms with Gasteiger partial charge in [0.15, 0.2) is 0 Å². The van der Waals surface area contributed by atoms with Crippen LogP contribution in [0, 0.1) is 6.92 Å². The van der Waals surface area contributed by atoms with Gasteiger partial charge in [0.25, 0.3) is 0 Å². The van der Waals surface area contributed by atoms with Crippen LogP contribution in [0.3, 0.4) is 0 Å². The van der Waals surface area contributed by atoms with Gasteiger partial charge < -0.3 is 10.2 Å². The molecule has 0 fully saturated rings. The first-order valence-corrected chi connectivity index (χ1v) is 3.98. The molecule has 0 aliphatic rings. The summed E-state index contributed by atoms with van der Waals surface area (Å²) < 4.78 is 5.26. The van der Waals surface area contributed by atoms with Crippen molar-refractivity contribution in [3.63, 3.8) is 0 Å². The standard InChI is InChI=1S/C9H15NO/c1-7-5-6-11-9(7)4-3-8(2)10/h5-6,8H,3-4,10H2,1-2H3. The molecule has 0 saturated heterocycles. The lowest BCUT2D eigenvalue weighted by Crippen LogP contribution is -2.15. The Hall–Kier alpha value is -0.760. The van der Waals surface area contributed by atoms with Gasteiger partial charge in [0, 0.05) is 12.5 Å². The van der Waals surface area contributed by atoms with Gasteiger partial charge in [-0.15, -0.1) is 0 Å². The fourth-order valence-corrected chi connectivity index (χ4v) is 1.02. The molecule has 0 aliphatic carbocycles. The smallest absolute Gasteiger partial charge is 0.106 e. The van der Waals surface area contributed by atoms with Crippen molar-refractivity contribution in [3.8, 4) is 0 Å². The topological polar surface area (TPSA) is 39.2 Å². The van der Waals surface area contributed by atoms with Gasteiger partial charge in [0.2, 0.25) is 0 Å². The summed E-state index contributed by atoms with van der Waals surface area (Å²) in [6.45, 7) is 4.07. The molecule has 62 valence electrons. The first-order valence-electron chi connectivity index (χ1n) is 3.98. The molecule has 11 heavy (non-hydrogen) atoms. The lowest BCUT2D eigenvalue weighted by molar-refractivity contribution is 0.488. The van der Waals surface area contributed by atoms with Gasteiger partial charge >= 0.3 is 0 Å². The maximum atomic E-state index is 5.62. The zero-order valence-corrected chi connectivity index (χ0v) is 7.13. The zero-order valence-electron chi connectivity index (χ0n) is 7.13. The van der Waals surface area contributed by atoms with Gasteiger partial charge in [0.1, 0.15) is 5.76 Å². The molecular weight excluding hydrogens is 138 g/mol. The van der Waals surface area contributed by atoms with Crippen LogP contribution in [-0.2, 0) is 6.42 Å². The van der Waals surface area contributed by atoms with Crippen molar-refractivity contribution in [2.75, 3.05) is 0 Å². The van der Waals surface area contributed by atoms with Crippen LogP contribution in [0.2, 0.25) is 0 Å². The molecule has 0 aromatic carbocycles. The first-order chi connectivity index (χ1) is 5.20. The van der Waals surface area contributed by atoms with E-state index in [1.807, 2.05) is 13.0 Å². The first kappa shape index (κ1) is 8.34. The van der Waals surface area contributed by atoms with E-state index in [1.165, 1.54) is 5.56 Å². The third-order valence-electron chi connectivity index (χ3n) is 1.79. The van der Waals surface area contributed by atoms with E-state index in [9.17, 15) is 0 Å². The van der Waals surface area contributed by atoms with Gasteiger partial charge in [-0.05, 0) is 31.9 Å². The van der Waals surface area contributed by atoms with E-state index in [-0.39, 0.29) is 6.04 Å². The van der Waals surface area contributed by atoms with Crippen LogP contribution >= 0.6 is 0 Å². The molecule has 1 atom stereocenters. The monoisotopic (exact) mass is 153 g/mol. The fraction of sp³-hybridized carbons (Fsp3) is 0.556. The second-order valence-electron chi connectivity index (χ2n) is 3.04. The van der Waals surface area contributed by atoms with Gasteiger partial charge in [-0.2, -0.15) is 0 Å². The lowest BCUT2D eigenvalue weighted by atomic mass is 10.1. The van der Waals surface area contributed by atoms with Crippen LogP contribution in [-0.4, -0.2) is 6.04 Å². The van der Waals surface area contributed by atoms with Gasteiger partial charge in [-0.1, -0.05) is 0 Å². The molecule has 2 nitrogen and oxygen atoms in total. The van der Waals surface area contributed by atoms with Crippen LogP contribution in [0.25, 0.3) is 0 Å². The van der Waals surface area contributed by atoms with Crippen molar-refractivity contribution >= 4 is 0 Å². The van der Waals surface area contributed by atoms with Gasteiger partial charge in [-0.25, -0.2) is 0 Å². The minimum Gasteiger partial charge on any atom is -0.469 e. The Bertz CT molecular complexity index is 215. The van der Waals surface area contributed by atoms with Crippen LogP contribution in [0.5, 0.6) is 0 Å². The molecular formula is C9H15NO. The third-order valence-corrected chi connectivity index (χ3v) is 1.79. The molecule has 0 spiro atoms. The molecule has 2 N–H and O–H groups in total. The summed E-state index contributed by atoms with van der Waals surface area (Å²) in [7, 11) is 0. The second kappa shape index (κ2) is 3.58. The highest BCUT2D eigenvalue weighted by Gasteiger charge is 2.02. The molecule has 1 heterocycles. The lowest BCUT2D eigenvalue weighted by Gasteiger charge is -2.02. The molecule has 1 rings (SSSR count). The SMILES string of the molecule is Cc1ccoc1CCC(C)N. The van der Waals surface area contributed by atoms with Crippen LogP contribution < -0.4 is 5.73 Å². The zero-order chi connectivity index (χ0) is 8.27.